The first-order valence-electron chi connectivity index (χ1n) is 8.08. The maximum absolute atomic E-state index is 11.6. The maximum Gasteiger partial charge on any atom is 0.306 e. The molecule has 0 unspecified atom stereocenters. The van der Waals surface area contributed by atoms with E-state index in [0.717, 1.165) is 19.3 Å². The molecule has 1 aromatic rings. The third-order valence-corrected chi connectivity index (χ3v) is 3.37. The second-order valence-corrected chi connectivity index (χ2v) is 5.28. The second-order valence-electron chi connectivity index (χ2n) is 5.28. The molecule has 0 aliphatic heterocycles. The fraction of sp³-hybridized carbons (Fsp3) is 0.529. The molecule has 0 spiro atoms. The lowest BCUT2D eigenvalue weighted by Gasteiger charge is -2.06. The Hall–Kier alpha value is -2.44. The molecule has 0 aliphatic rings. The summed E-state index contributed by atoms with van der Waals surface area (Å²) < 4.78 is 9.99. The summed E-state index contributed by atoms with van der Waals surface area (Å²) in [5.74, 6) is -0.930. The van der Waals surface area contributed by atoms with E-state index in [1.807, 2.05) is 0 Å². The number of ether oxygens (including phenoxy) is 2. The quantitative estimate of drug-likeness (QED) is 0.266. The van der Waals surface area contributed by atoms with E-state index in [9.17, 15) is 19.7 Å². The molecule has 0 aromatic heterocycles. The monoisotopic (exact) mass is 337 g/mol. The van der Waals surface area contributed by atoms with Crippen molar-refractivity contribution in [1.82, 2.24) is 0 Å². The number of carbonyl (C=O) groups excluding carboxylic acids is 2. The van der Waals surface area contributed by atoms with E-state index in [0.29, 0.717) is 12.2 Å². The number of para-hydroxylation sites is 1. The van der Waals surface area contributed by atoms with E-state index >= 15 is 0 Å². The Morgan fingerprint density at radius 3 is 2.29 bits per heavy atom. The van der Waals surface area contributed by atoms with Gasteiger partial charge in [-0.05, 0) is 6.42 Å². The molecule has 1 aromatic carbocycles. The number of nitro groups is 1. The van der Waals surface area contributed by atoms with E-state index in [1.54, 1.807) is 18.2 Å². The first-order valence-corrected chi connectivity index (χ1v) is 8.08. The van der Waals surface area contributed by atoms with Crippen LogP contribution in [0.4, 0.5) is 5.69 Å². The van der Waals surface area contributed by atoms with Crippen molar-refractivity contribution >= 4 is 17.6 Å². The molecule has 1 rings (SSSR count). The van der Waals surface area contributed by atoms with Gasteiger partial charge in [0.2, 0.25) is 0 Å². The van der Waals surface area contributed by atoms with Crippen molar-refractivity contribution in [3.8, 4) is 0 Å². The number of nitrogens with zero attached hydrogens (tertiary/aromatic N) is 1. The van der Waals surface area contributed by atoms with Crippen molar-refractivity contribution in [2.75, 3.05) is 13.2 Å². The van der Waals surface area contributed by atoms with Gasteiger partial charge in [-0.2, -0.15) is 0 Å². The Kier molecular flexibility index (Phi) is 9.11. The molecule has 0 fully saturated rings. The van der Waals surface area contributed by atoms with Gasteiger partial charge in [-0.3, -0.25) is 19.7 Å². The Labute approximate surface area is 141 Å². The van der Waals surface area contributed by atoms with E-state index in [4.69, 9.17) is 9.47 Å². The van der Waals surface area contributed by atoms with Crippen LogP contribution in [0.15, 0.2) is 24.3 Å². The van der Waals surface area contributed by atoms with E-state index in [2.05, 4.69) is 6.92 Å². The van der Waals surface area contributed by atoms with Crippen molar-refractivity contribution in [3.05, 3.63) is 39.9 Å². The summed E-state index contributed by atoms with van der Waals surface area (Å²) in [7, 11) is 0. The van der Waals surface area contributed by atoms with Crippen molar-refractivity contribution in [2.45, 2.75) is 45.4 Å². The van der Waals surface area contributed by atoms with Crippen molar-refractivity contribution in [2.24, 2.45) is 0 Å². The van der Waals surface area contributed by atoms with Crippen LogP contribution in [0, 0.1) is 10.1 Å². The molecule has 0 saturated carbocycles. The van der Waals surface area contributed by atoms with Gasteiger partial charge in [-0.1, -0.05) is 38.0 Å². The summed E-state index contributed by atoms with van der Waals surface area (Å²) in [5, 5.41) is 10.9. The first kappa shape index (κ1) is 19.6. The fourth-order valence-corrected chi connectivity index (χ4v) is 2.06. The number of benzene rings is 1. The van der Waals surface area contributed by atoms with Crippen LogP contribution >= 0.6 is 0 Å². The minimum Gasteiger partial charge on any atom is -0.466 e. The van der Waals surface area contributed by atoms with Crippen molar-refractivity contribution in [3.63, 3.8) is 0 Å². The van der Waals surface area contributed by atoms with Gasteiger partial charge in [0, 0.05) is 18.1 Å². The first-order chi connectivity index (χ1) is 11.5. The minimum absolute atomic E-state index is 0.00389. The van der Waals surface area contributed by atoms with Crippen LogP contribution in [0.3, 0.4) is 0 Å². The summed E-state index contributed by atoms with van der Waals surface area (Å²) in [6.45, 7) is 2.47. The van der Waals surface area contributed by atoms with Crippen LogP contribution in [0.5, 0.6) is 0 Å². The molecule has 0 amide bonds. The highest BCUT2D eigenvalue weighted by Crippen LogP contribution is 2.18. The molecule has 24 heavy (non-hydrogen) atoms. The molecule has 132 valence electrons. The van der Waals surface area contributed by atoms with Gasteiger partial charge in [0.05, 0.1) is 31.0 Å². The Balaban J connectivity index is 2.23. The average Bonchev–Trinajstić information content (AvgIpc) is 2.57. The summed E-state index contributed by atoms with van der Waals surface area (Å²) in [5.41, 5.74) is 0.509. The van der Waals surface area contributed by atoms with Crippen molar-refractivity contribution in [1.29, 1.82) is 0 Å². The molecular weight excluding hydrogens is 314 g/mol. The average molecular weight is 337 g/mol. The van der Waals surface area contributed by atoms with Crippen LogP contribution in [0.25, 0.3) is 0 Å². The standard InChI is InChI=1S/C17H23NO6/c1-2-3-6-12-23-16(19)9-10-17(20)24-13-11-14-7-4-5-8-15(14)18(21)22/h4-5,7-8H,2-3,6,9-13H2,1H3. The van der Waals surface area contributed by atoms with Gasteiger partial charge < -0.3 is 9.47 Å². The second kappa shape index (κ2) is 11.2. The zero-order valence-electron chi connectivity index (χ0n) is 13.9. The summed E-state index contributed by atoms with van der Waals surface area (Å²) in [6, 6.07) is 6.31. The maximum atomic E-state index is 11.6. The van der Waals surface area contributed by atoms with Gasteiger partial charge >= 0.3 is 11.9 Å². The molecular formula is C17H23NO6. The van der Waals surface area contributed by atoms with Crippen LogP contribution in [-0.4, -0.2) is 30.1 Å². The zero-order chi connectivity index (χ0) is 17.8. The number of unbranched alkanes of at least 4 members (excludes halogenated alkanes) is 2. The van der Waals surface area contributed by atoms with Crippen LogP contribution in [-0.2, 0) is 25.5 Å². The summed E-state index contributed by atoms with van der Waals surface area (Å²) in [4.78, 5) is 33.4. The highest BCUT2D eigenvalue weighted by atomic mass is 16.6. The number of esters is 2. The molecule has 7 heteroatoms. The summed E-state index contributed by atoms with van der Waals surface area (Å²) in [6.07, 6.45) is 3.05. The van der Waals surface area contributed by atoms with E-state index in [1.165, 1.54) is 6.07 Å². The smallest absolute Gasteiger partial charge is 0.306 e. The lowest BCUT2D eigenvalue weighted by atomic mass is 10.1. The van der Waals surface area contributed by atoms with Crippen molar-refractivity contribution < 1.29 is 24.0 Å². The third kappa shape index (κ3) is 7.71. The highest BCUT2D eigenvalue weighted by Gasteiger charge is 2.13. The van der Waals surface area contributed by atoms with Crippen LogP contribution in [0.2, 0.25) is 0 Å². The lowest BCUT2D eigenvalue weighted by molar-refractivity contribution is -0.385. The molecule has 0 heterocycles. The van der Waals surface area contributed by atoms with Crippen LogP contribution < -0.4 is 0 Å². The molecule has 0 bridgehead atoms. The normalized spacial score (nSPS) is 10.2. The number of hydrogen-bond acceptors (Lipinski definition) is 6. The topological polar surface area (TPSA) is 95.7 Å². The minimum atomic E-state index is -0.515. The molecule has 7 nitrogen and oxygen atoms in total. The fourth-order valence-electron chi connectivity index (χ4n) is 2.06. The largest absolute Gasteiger partial charge is 0.466 e. The van der Waals surface area contributed by atoms with E-state index < -0.39 is 16.9 Å². The van der Waals surface area contributed by atoms with Gasteiger partial charge in [0.1, 0.15) is 0 Å². The van der Waals surface area contributed by atoms with Gasteiger partial charge in [0.15, 0.2) is 0 Å². The third-order valence-electron chi connectivity index (χ3n) is 3.37. The lowest BCUT2D eigenvalue weighted by Crippen LogP contribution is -2.12. The molecule has 0 N–H and O–H groups in total. The Morgan fingerprint density at radius 1 is 1.04 bits per heavy atom. The summed E-state index contributed by atoms with van der Waals surface area (Å²) >= 11 is 0. The van der Waals surface area contributed by atoms with Gasteiger partial charge in [0.25, 0.3) is 5.69 Å². The predicted octanol–water partition coefficient (Wildman–Crippen LogP) is 3.19. The molecule has 0 saturated heterocycles. The SMILES string of the molecule is CCCCCOC(=O)CCC(=O)OCCc1ccccc1[N+](=O)[O-]. The zero-order valence-corrected chi connectivity index (χ0v) is 13.9. The molecule has 0 atom stereocenters. The number of carbonyl (C=O) groups is 2. The predicted molar refractivity (Wildman–Crippen MR) is 87.5 cm³/mol. The Bertz CT molecular complexity index is 558. The highest BCUT2D eigenvalue weighted by molar-refractivity contribution is 5.77. The molecule has 0 radical (unpaired) electrons. The van der Waals surface area contributed by atoms with E-state index in [-0.39, 0.29) is 31.6 Å². The van der Waals surface area contributed by atoms with Gasteiger partial charge in [-0.25, -0.2) is 0 Å². The van der Waals surface area contributed by atoms with Crippen LogP contribution in [0.1, 0.15) is 44.6 Å². The number of hydrogen-bond donors (Lipinski definition) is 0. The van der Waals surface area contributed by atoms with Gasteiger partial charge in [-0.15, -0.1) is 0 Å². The number of rotatable bonds is 11. The molecule has 0 aliphatic carbocycles. The number of nitro benzene ring substituents is 1. The Morgan fingerprint density at radius 2 is 1.67 bits per heavy atom.